The first-order valence-electron chi connectivity index (χ1n) is 5.09. The van der Waals surface area contributed by atoms with Crippen molar-refractivity contribution in [3.05, 3.63) is 24.3 Å². The molecular weight excluding hydrogens is 192 g/mol. The molecule has 1 atom stereocenters. The molecule has 1 saturated heterocycles. The fraction of sp³-hybridized carbons (Fsp3) is 0.364. The highest BCUT2D eigenvalue weighted by atomic mass is 16.3. The van der Waals surface area contributed by atoms with Crippen molar-refractivity contribution in [2.75, 3.05) is 5.01 Å². The molecular formula is C11H14N2O2. The number of nitrogens with zero attached hydrogens (tertiary/aromatic N) is 1. The van der Waals surface area contributed by atoms with Gasteiger partial charge in [-0.25, -0.2) is 10.4 Å². The first-order chi connectivity index (χ1) is 7.20. The van der Waals surface area contributed by atoms with Crippen molar-refractivity contribution in [3.8, 4) is 5.75 Å². The molecule has 4 heteroatoms. The maximum atomic E-state index is 11.6. The number of aromatic hydroxyl groups is 1. The van der Waals surface area contributed by atoms with Gasteiger partial charge in [0.05, 0.1) is 5.69 Å². The van der Waals surface area contributed by atoms with Crippen molar-refractivity contribution < 1.29 is 9.90 Å². The van der Waals surface area contributed by atoms with E-state index in [0.717, 1.165) is 6.42 Å². The lowest BCUT2D eigenvalue weighted by Crippen LogP contribution is -2.37. The van der Waals surface area contributed by atoms with Crippen LogP contribution >= 0.6 is 0 Å². The van der Waals surface area contributed by atoms with Crippen LogP contribution in [-0.4, -0.2) is 17.1 Å². The Morgan fingerprint density at radius 3 is 3.00 bits per heavy atom. The Morgan fingerprint density at radius 2 is 2.40 bits per heavy atom. The molecule has 2 N–H and O–H groups in total. The number of benzene rings is 1. The van der Waals surface area contributed by atoms with Gasteiger partial charge in [-0.05, 0) is 18.6 Å². The monoisotopic (exact) mass is 206 g/mol. The average Bonchev–Trinajstić information content (AvgIpc) is 2.60. The predicted octanol–water partition coefficient (Wildman–Crippen LogP) is 1.41. The zero-order chi connectivity index (χ0) is 10.8. The summed E-state index contributed by atoms with van der Waals surface area (Å²) in [4.78, 5) is 11.6. The van der Waals surface area contributed by atoms with Crippen molar-refractivity contribution in [3.63, 3.8) is 0 Å². The molecule has 2 rings (SSSR count). The molecule has 1 heterocycles. The van der Waals surface area contributed by atoms with Crippen LogP contribution in [0.1, 0.15) is 19.8 Å². The van der Waals surface area contributed by atoms with Crippen molar-refractivity contribution in [1.82, 2.24) is 5.43 Å². The third-order valence-corrected chi connectivity index (χ3v) is 2.56. The zero-order valence-electron chi connectivity index (χ0n) is 8.60. The lowest BCUT2D eigenvalue weighted by molar-refractivity contribution is -0.117. The highest BCUT2D eigenvalue weighted by molar-refractivity contribution is 5.95. The number of phenolic OH excluding ortho intramolecular Hbond substituents is 1. The van der Waals surface area contributed by atoms with Gasteiger partial charge in [-0.2, -0.15) is 0 Å². The largest absolute Gasteiger partial charge is 0.508 e. The number of phenols is 1. The Kier molecular flexibility index (Phi) is 2.60. The van der Waals surface area contributed by atoms with Crippen LogP contribution in [0.15, 0.2) is 24.3 Å². The van der Waals surface area contributed by atoms with E-state index in [9.17, 15) is 9.90 Å². The zero-order valence-corrected chi connectivity index (χ0v) is 8.60. The minimum atomic E-state index is 0.0486. The summed E-state index contributed by atoms with van der Waals surface area (Å²) in [6.07, 6.45) is 1.44. The van der Waals surface area contributed by atoms with E-state index in [4.69, 9.17) is 0 Å². The summed E-state index contributed by atoms with van der Waals surface area (Å²) < 4.78 is 0. The molecule has 1 aliphatic rings. The van der Waals surface area contributed by atoms with Crippen LogP contribution in [0, 0.1) is 0 Å². The molecule has 15 heavy (non-hydrogen) atoms. The van der Waals surface area contributed by atoms with E-state index in [2.05, 4.69) is 5.43 Å². The molecule has 0 radical (unpaired) electrons. The molecule has 1 amide bonds. The van der Waals surface area contributed by atoms with Gasteiger partial charge in [0, 0.05) is 18.5 Å². The van der Waals surface area contributed by atoms with Crippen LogP contribution < -0.4 is 10.4 Å². The van der Waals surface area contributed by atoms with Crippen molar-refractivity contribution in [2.45, 2.75) is 25.8 Å². The van der Waals surface area contributed by atoms with E-state index >= 15 is 0 Å². The van der Waals surface area contributed by atoms with Crippen LogP contribution in [0.5, 0.6) is 5.75 Å². The first kappa shape index (κ1) is 9.98. The van der Waals surface area contributed by atoms with Crippen LogP contribution in [0.25, 0.3) is 0 Å². The highest BCUT2D eigenvalue weighted by Crippen LogP contribution is 2.23. The second-order valence-corrected chi connectivity index (χ2v) is 3.69. The van der Waals surface area contributed by atoms with Gasteiger partial charge in [-0.1, -0.05) is 13.0 Å². The molecule has 1 unspecified atom stereocenters. The lowest BCUT2D eigenvalue weighted by atomic mass is 10.2. The minimum absolute atomic E-state index is 0.0486. The number of carbonyl (C=O) groups is 1. The van der Waals surface area contributed by atoms with Crippen LogP contribution in [0.3, 0.4) is 0 Å². The second-order valence-electron chi connectivity index (χ2n) is 3.69. The summed E-state index contributed by atoms with van der Waals surface area (Å²) >= 11 is 0. The first-order valence-corrected chi connectivity index (χ1v) is 5.09. The third kappa shape index (κ3) is 1.94. The Bertz CT molecular complexity index is 379. The van der Waals surface area contributed by atoms with Gasteiger partial charge in [0.1, 0.15) is 5.75 Å². The van der Waals surface area contributed by atoms with Crippen LogP contribution in [0.2, 0.25) is 0 Å². The summed E-state index contributed by atoms with van der Waals surface area (Å²) in [5.41, 5.74) is 3.80. The standard InChI is InChI=1S/C11H14N2O2/c1-2-8-6-11(15)13(12-8)9-4-3-5-10(14)7-9/h3-5,7-8,12,14H,2,6H2,1H3. The van der Waals surface area contributed by atoms with Gasteiger partial charge in [0.2, 0.25) is 5.91 Å². The van der Waals surface area contributed by atoms with E-state index in [1.165, 1.54) is 5.01 Å². The molecule has 0 bridgehead atoms. The molecule has 1 aromatic carbocycles. The smallest absolute Gasteiger partial charge is 0.243 e. The number of nitrogens with one attached hydrogen (secondary N) is 1. The number of rotatable bonds is 2. The topological polar surface area (TPSA) is 52.6 Å². The van der Waals surface area contributed by atoms with E-state index in [1.807, 2.05) is 6.92 Å². The summed E-state index contributed by atoms with van der Waals surface area (Å²) in [5, 5.41) is 10.8. The van der Waals surface area contributed by atoms with Crippen molar-refractivity contribution in [2.24, 2.45) is 0 Å². The minimum Gasteiger partial charge on any atom is -0.508 e. The van der Waals surface area contributed by atoms with Crippen LogP contribution in [0.4, 0.5) is 5.69 Å². The van der Waals surface area contributed by atoms with E-state index in [0.29, 0.717) is 12.1 Å². The van der Waals surface area contributed by atoms with Gasteiger partial charge in [0.15, 0.2) is 0 Å². The Labute approximate surface area is 88.5 Å². The Balaban J connectivity index is 2.21. The lowest BCUT2D eigenvalue weighted by Gasteiger charge is -2.17. The van der Waals surface area contributed by atoms with E-state index in [1.54, 1.807) is 24.3 Å². The molecule has 0 spiro atoms. The number of hydrogen-bond acceptors (Lipinski definition) is 3. The molecule has 0 saturated carbocycles. The molecule has 1 aromatic rings. The molecule has 1 fully saturated rings. The van der Waals surface area contributed by atoms with Gasteiger partial charge in [0.25, 0.3) is 0 Å². The SMILES string of the molecule is CCC1CC(=O)N(c2cccc(O)c2)N1. The Hall–Kier alpha value is -1.55. The third-order valence-electron chi connectivity index (χ3n) is 2.56. The summed E-state index contributed by atoms with van der Waals surface area (Å²) in [6, 6.07) is 6.88. The number of hydrazine groups is 1. The normalized spacial score (nSPS) is 21.0. The average molecular weight is 206 g/mol. The highest BCUT2D eigenvalue weighted by Gasteiger charge is 2.28. The van der Waals surface area contributed by atoms with Crippen molar-refractivity contribution in [1.29, 1.82) is 0 Å². The molecule has 0 aliphatic carbocycles. The predicted molar refractivity (Wildman–Crippen MR) is 57.4 cm³/mol. The van der Waals surface area contributed by atoms with Gasteiger partial charge >= 0.3 is 0 Å². The maximum absolute atomic E-state index is 11.6. The summed E-state index contributed by atoms with van der Waals surface area (Å²) in [6.45, 7) is 2.04. The van der Waals surface area contributed by atoms with Gasteiger partial charge in [-0.15, -0.1) is 0 Å². The number of carbonyl (C=O) groups excluding carboxylic acids is 1. The maximum Gasteiger partial charge on any atom is 0.243 e. The number of hydrogen-bond donors (Lipinski definition) is 2. The summed E-state index contributed by atoms with van der Waals surface area (Å²) in [5.74, 6) is 0.217. The second kappa shape index (κ2) is 3.90. The molecule has 1 aliphatic heterocycles. The fourth-order valence-corrected chi connectivity index (χ4v) is 1.69. The van der Waals surface area contributed by atoms with Crippen LogP contribution in [-0.2, 0) is 4.79 Å². The summed E-state index contributed by atoms with van der Waals surface area (Å²) in [7, 11) is 0. The quantitative estimate of drug-likeness (QED) is 0.769. The van der Waals surface area contributed by atoms with E-state index < -0.39 is 0 Å². The molecule has 0 aromatic heterocycles. The molecule has 4 nitrogen and oxygen atoms in total. The van der Waals surface area contributed by atoms with Gasteiger partial charge in [-0.3, -0.25) is 4.79 Å². The van der Waals surface area contributed by atoms with Gasteiger partial charge < -0.3 is 5.11 Å². The molecule has 80 valence electrons. The number of anilines is 1. The van der Waals surface area contributed by atoms with Crippen molar-refractivity contribution >= 4 is 11.6 Å². The fourth-order valence-electron chi connectivity index (χ4n) is 1.69. The van der Waals surface area contributed by atoms with E-state index in [-0.39, 0.29) is 17.7 Å². The Morgan fingerprint density at radius 1 is 1.60 bits per heavy atom. The number of amides is 1.